The maximum absolute atomic E-state index is 9.82. The minimum atomic E-state index is -0.657. The number of fused-ring (bicyclic) bond motifs is 1. The fraction of sp³-hybridized carbons (Fsp3) is 0.250. The van der Waals surface area contributed by atoms with Crippen LogP contribution in [0.5, 0.6) is 5.75 Å². The predicted octanol–water partition coefficient (Wildman–Crippen LogP) is 2.52. The molecule has 0 saturated carbocycles. The third kappa shape index (κ3) is 1.94. The highest BCUT2D eigenvalue weighted by Gasteiger charge is 2.18. The molecule has 15 heavy (non-hydrogen) atoms. The molecule has 0 aliphatic heterocycles. The third-order valence-corrected chi connectivity index (χ3v) is 2.72. The number of hydrogen-bond acceptors (Lipinski definition) is 3. The highest BCUT2D eigenvalue weighted by molar-refractivity contribution is 7.80. The van der Waals surface area contributed by atoms with Crippen LogP contribution in [0.2, 0.25) is 0 Å². The Bertz CT molecular complexity index is 424. The molecule has 1 aliphatic rings. The summed E-state index contributed by atoms with van der Waals surface area (Å²) < 4.78 is 5.39. The number of aliphatic hydroxyl groups excluding tert-OH is 1. The van der Waals surface area contributed by atoms with E-state index in [1.807, 2.05) is 31.2 Å². The third-order valence-electron chi connectivity index (χ3n) is 2.36. The maximum Gasteiger partial charge on any atom is 0.119 e. The molecule has 2 nitrogen and oxygen atoms in total. The van der Waals surface area contributed by atoms with Crippen molar-refractivity contribution < 1.29 is 9.84 Å². The van der Waals surface area contributed by atoms with E-state index in [9.17, 15) is 5.11 Å². The number of aliphatic hydroxyl groups is 1. The van der Waals surface area contributed by atoms with Gasteiger partial charge in [-0.25, -0.2) is 0 Å². The lowest BCUT2D eigenvalue weighted by Gasteiger charge is -2.18. The molecule has 0 aromatic heterocycles. The summed E-state index contributed by atoms with van der Waals surface area (Å²) in [6.07, 6.45) is 3.01. The first-order valence-electron chi connectivity index (χ1n) is 4.89. The second-order valence-corrected chi connectivity index (χ2v) is 3.83. The Labute approximate surface area is 94.2 Å². The van der Waals surface area contributed by atoms with Crippen LogP contribution in [0.25, 0.3) is 6.08 Å². The molecule has 0 spiro atoms. The van der Waals surface area contributed by atoms with Crippen molar-refractivity contribution in [3.63, 3.8) is 0 Å². The van der Waals surface area contributed by atoms with Gasteiger partial charge >= 0.3 is 0 Å². The van der Waals surface area contributed by atoms with E-state index in [4.69, 9.17) is 17.0 Å². The van der Waals surface area contributed by atoms with Crippen molar-refractivity contribution in [2.24, 2.45) is 0 Å². The first-order valence-corrected chi connectivity index (χ1v) is 5.30. The Morgan fingerprint density at radius 1 is 1.40 bits per heavy atom. The molecule has 2 rings (SSSR count). The number of rotatable bonds is 2. The smallest absolute Gasteiger partial charge is 0.119 e. The van der Waals surface area contributed by atoms with Crippen molar-refractivity contribution >= 4 is 23.2 Å². The van der Waals surface area contributed by atoms with E-state index in [1.54, 1.807) is 6.08 Å². The molecule has 0 amide bonds. The Kier molecular flexibility index (Phi) is 2.84. The van der Waals surface area contributed by atoms with Crippen LogP contribution in [0.15, 0.2) is 24.3 Å². The summed E-state index contributed by atoms with van der Waals surface area (Å²) in [4.78, 5) is 0.562. The molecule has 0 saturated heterocycles. The van der Waals surface area contributed by atoms with Gasteiger partial charge < -0.3 is 9.84 Å². The van der Waals surface area contributed by atoms with Crippen LogP contribution >= 0.6 is 12.2 Å². The summed E-state index contributed by atoms with van der Waals surface area (Å²) in [5.74, 6) is 0.820. The van der Waals surface area contributed by atoms with Crippen molar-refractivity contribution in [2.45, 2.75) is 13.0 Å². The molecular formula is C12H12O2S. The van der Waals surface area contributed by atoms with E-state index < -0.39 is 6.10 Å². The first kappa shape index (κ1) is 10.3. The highest BCUT2D eigenvalue weighted by Crippen LogP contribution is 2.29. The number of thiocarbonyl (C=S) groups is 1. The fourth-order valence-electron chi connectivity index (χ4n) is 1.62. The van der Waals surface area contributed by atoms with Gasteiger partial charge in [0.25, 0.3) is 0 Å². The molecule has 3 heteroatoms. The second kappa shape index (κ2) is 4.13. The van der Waals surface area contributed by atoms with Crippen LogP contribution in [0, 0.1) is 0 Å². The number of benzene rings is 1. The maximum atomic E-state index is 9.82. The predicted molar refractivity (Wildman–Crippen MR) is 64.2 cm³/mol. The molecule has 1 aromatic rings. The number of ether oxygens (including phenoxy) is 1. The van der Waals surface area contributed by atoms with Gasteiger partial charge in [-0.15, -0.1) is 0 Å². The molecule has 0 fully saturated rings. The van der Waals surface area contributed by atoms with E-state index in [-0.39, 0.29) is 0 Å². The molecule has 1 N–H and O–H groups in total. The highest BCUT2D eigenvalue weighted by atomic mass is 32.1. The van der Waals surface area contributed by atoms with Gasteiger partial charge in [0, 0.05) is 4.86 Å². The van der Waals surface area contributed by atoms with E-state index in [0.717, 1.165) is 16.9 Å². The van der Waals surface area contributed by atoms with Gasteiger partial charge in [-0.05, 0) is 36.3 Å². The largest absolute Gasteiger partial charge is 0.494 e. The lowest BCUT2D eigenvalue weighted by molar-refractivity contribution is 0.250. The summed E-state index contributed by atoms with van der Waals surface area (Å²) in [5.41, 5.74) is 1.83. The van der Waals surface area contributed by atoms with Gasteiger partial charge in [0.2, 0.25) is 0 Å². The molecule has 1 aromatic carbocycles. The molecule has 0 radical (unpaired) electrons. The fourth-order valence-corrected chi connectivity index (χ4v) is 1.81. The van der Waals surface area contributed by atoms with E-state index in [0.29, 0.717) is 11.5 Å². The van der Waals surface area contributed by atoms with Crippen molar-refractivity contribution in [1.82, 2.24) is 0 Å². The summed E-state index contributed by atoms with van der Waals surface area (Å²) in [7, 11) is 0. The summed E-state index contributed by atoms with van der Waals surface area (Å²) in [5, 5.41) is 9.82. The van der Waals surface area contributed by atoms with Gasteiger partial charge in [0.1, 0.15) is 11.9 Å². The Hall–Kier alpha value is -1.19. The van der Waals surface area contributed by atoms with Gasteiger partial charge in [0.15, 0.2) is 0 Å². The molecule has 0 heterocycles. The normalized spacial score (nSPS) is 18.8. The lowest BCUT2D eigenvalue weighted by atomic mass is 9.94. The van der Waals surface area contributed by atoms with Gasteiger partial charge in [0.05, 0.1) is 6.61 Å². The van der Waals surface area contributed by atoms with Crippen LogP contribution in [0.3, 0.4) is 0 Å². The summed E-state index contributed by atoms with van der Waals surface area (Å²) in [6, 6.07) is 5.63. The first-order chi connectivity index (χ1) is 7.22. The van der Waals surface area contributed by atoms with Gasteiger partial charge in [-0.1, -0.05) is 24.4 Å². The van der Waals surface area contributed by atoms with E-state index in [2.05, 4.69) is 0 Å². The van der Waals surface area contributed by atoms with E-state index in [1.165, 1.54) is 0 Å². The molecule has 0 bridgehead atoms. The van der Waals surface area contributed by atoms with Crippen LogP contribution in [0.4, 0.5) is 0 Å². The molecule has 1 aliphatic carbocycles. The molecular weight excluding hydrogens is 208 g/mol. The quantitative estimate of drug-likeness (QED) is 0.777. The molecule has 1 unspecified atom stereocenters. The SMILES string of the molecule is CCOc1ccc2c(c1)C=CC(=S)C2O. The van der Waals surface area contributed by atoms with Crippen LogP contribution in [0.1, 0.15) is 24.2 Å². The van der Waals surface area contributed by atoms with Crippen LogP contribution in [-0.2, 0) is 0 Å². The number of hydrogen-bond donors (Lipinski definition) is 1. The molecule has 78 valence electrons. The lowest BCUT2D eigenvalue weighted by Crippen LogP contribution is -2.12. The monoisotopic (exact) mass is 220 g/mol. The summed E-state index contributed by atoms with van der Waals surface area (Å²) in [6.45, 7) is 2.59. The average Bonchev–Trinajstić information content (AvgIpc) is 2.24. The van der Waals surface area contributed by atoms with Crippen molar-refractivity contribution in [1.29, 1.82) is 0 Å². The Balaban J connectivity index is 2.40. The van der Waals surface area contributed by atoms with Crippen LogP contribution < -0.4 is 4.74 Å². The van der Waals surface area contributed by atoms with E-state index >= 15 is 0 Å². The Morgan fingerprint density at radius 2 is 2.20 bits per heavy atom. The minimum absolute atomic E-state index is 0.562. The zero-order valence-electron chi connectivity index (χ0n) is 8.43. The van der Waals surface area contributed by atoms with Gasteiger partial charge in [-0.3, -0.25) is 0 Å². The van der Waals surface area contributed by atoms with Crippen molar-refractivity contribution in [2.75, 3.05) is 6.61 Å². The standard InChI is InChI=1S/C12H12O2S/c1-2-14-9-4-5-10-8(7-9)3-6-11(15)12(10)13/h3-7,12-13H,2H2,1H3. The summed E-state index contributed by atoms with van der Waals surface area (Å²) >= 11 is 5.02. The zero-order chi connectivity index (χ0) is 10.8. The Morgan fingerprint density at radius 3 is 2.93 bits per heavy atom. The van der Waals surface area contributed by atoms with Crippen LogP contribution in [-0.4, -0.2) is 16.6 Å². The zero-order valence-corrected chi connectivity index (χ0v) is 9.25. The average molecular weight is 220 g/mol. The minimum Gasteiger partial charge on any atom is -0.494 e. The topological polar surface area (TPSA) is 29.5 Å². The molecule has 1 atom stereocenters. The van der Waals surface area contributed by atoms with Crippen molar-refractivity contribution in [3.8, 4) is 5.75 Å². The van der Waals surface area contributed by atoms with Crippen molar-refractivity contribution in [3.05, 3.63) is 35.4 Å². The van der Waals surface area contributed by atoms with Gasteiger partial charge in [-0.2, -0.15) is 0 Å². The second-order valence-electron chi connectivity index (χ2n) is 3.36.